The second-order valence-corrected chi connectivity index (χ2v) is 4.98. The van der Waals surface area contributed by atoms with E-state index in [1.165, 1.54) is 24.3 Å². The van der Waals surface area contributed by atoms with Gasteiger partial charge in [0.2, 0.25) is 0 Å². The molecule has 5 N–H and O–H groups in total. The Balaban J connectivity index is 2.19. The molecular formula is C15H14F3N3O3. The van der Waals surface area contributed by atoms with E-state index in [0.717, 1.165) is 12.1 Å². The highest BCUT2D eigenvalue weighted by Crippen LogP contribution is 2.30. The third kappa shape index (κ3) is 3.93. The van der Waals surface area contributed by atoms with Crippen LogP contribution >= 0.6 is 0 Å². The number of primary amides is 1. The van der Waals surface area contributed by atoms with Crippen LogP contribution in [0.3, 0.4) is 0 Å². The molecule has 0 radical (unpaired) electrons. The first-order chi connectivity index (χ1) is 11.2. The average molecular weight is 341 g/mol. The number of amides is 2. The van der Waals surface area contributed by atoms with Crippen LogP contribution in [-0.2, 0) is 6.18 Å². The van der Waals surface area contributed by atoms with Crippen molar-refractivity contribution in [3.8, 4) is 0 Å². The van der Waals surface area contributed by atoms with E-state index in [9.17, 15) is 27.9 Å². The van der Waals surface area contributed by atoms with Crippen LogP contribution in [0.25, 0.3) is 0 Å². The number of aromatic nitrogens is 1. The summed E-state index contributed by atoms with van der Waals surface area (Å²) < 4.78 is 38.2. The van der Waals surface area contributed by atoms with Crippen LogP contribution in [0.15, 0.2) is 36.4 Å². The van der Waals surface area contributed by atoms with E-state index in [0.29, 0.717) is 0 Å². The lowest BCUT2D eigenvalue weighted by Gasteiger charge is -2.18. The molecule has 1 aromatic carbocycles. The van der Waals surface area contributed by atoms with Gasteiger partial charge in [0.25, 0.3) is 11.8 Å². The second kappa shape index (κ2) is 6.75. The summed E-state index contributed by atoms with van der Waals surface area (Å²) in [5.74, 6) is -1.45. The maximum absolute atomic E-state index is 12.7. The van der Waals surface area contributed by atoms with Crippen molar-refractivity contribution < 1.29 is 27.9 Å². The number of carbonyl (C=O) groups is 2. The molecule has 128 valence electrons. The first-order valence-corrected chi connectivity index (χ1v) is 6.80. The number of hydrogen-bond donors (Lipinski definition) is 4. The number of rotatable bonds is 5. The summed E-state index contributed by atoms with van der Waals surface area (Å²) in [7, 11) is 0. The number of benzene rings is 1. The molecule has 1 heterocycles. The molecule has 1 unspecified atom stereocenters. The first kappa shape index (κ1) is 17.5. The molecule has 9 heteroatoms. The minimum atomic E-state index is -4.53. The van der Waals surface area contributed by atoms with Gasteiger partial charge in [0.1, 0.15) is 11.4 Å². The van der Waals surface area contributed by atoms with Crippen molar-refractivity contribution in [2.24, 2.45) is 5.73 Å². The van der Waals surface area contributed by atoms with Crippen LogP contribution in [0, 0.1) is 0 Å². The van der Waals surface area contributed by atoms with Crippen molar-refractivity contribution in [1.82, 2.24) is 10.3 Å². The predicted molar refractivity (Wildman–Crippen MR) is 78.0 cm³/mol. The fourth-order valence-electron chi connectivity index (χ4n) is 2.07. The maximum Gasteiger partial charge on any atom is 0.416 e. The molecule has 0 bridgehead atoms. The number of carbonyl (C=O) groups excluding carboxylic acids is 2. The zero-order chi connectivity index (χ0) is 17.9. The molecule has 0 aliphatic carbocycles. The van der Waals surface area contributed by atoms with Crippen LogP contribution in [-0.4, -0.2) is 28.5 Å². The van der Waals surface area contributed by atoms with Crippen LogP contribution in [0.4, 0.5) is 13.2 Å². The van der Waals surface area contributed by atoms with E-state index >= 15 is 0 Å². The zero-order valence-electron chi connectivity index (χ0n) is 12.2. The monoisotopic (exact) mass is 341 g/mol. The quantitative estimate of drug-likeness (QED) is 0.663. The standard InChI is InChI=1S/C15H14F3N3O3/c16-15(17,18)9-3-1-2-8(6-9)12(7-22)21-14(24)11-5-4-10(20-11)13(19)23/h1-6,12,20,22H,7H2,(H2,19,23)(H,21,24). The molecular weight excluding hydrogens is 327 g/mol. The summed E-state index contributed by atoms with van der Waals surface area (Å²) in [6, 6.07) is 5.85. The zero-order valence-corrected chi connectivity index (χ0v) is 12.2. The van der Waals surface area contributed by atoms with Crippen molar-refractivity contribution in [2.45, 2.75) is 12.2 Å². The summed E-state index contributed by atoms with van der Waals surface area (Å²) in [5, 5.41) is 11.8. The number of H-pyrrole nitrogens is 1. The summed E-state index contributed by atoms with van der Waals surface area (Å²) in [4.78, 5) is 25.5. The number of nitrogens with one attached hydrogen (secondary N) is 2. The molecule has 0 aliphatic rings. The van der Waals surface area contributed by atoms with Crippen molar-refractivity contribution in [3.05, 3.63) is 58.9 Å². The molecule has 1 aromatic heterocycles. The van der Waals surface area contributed by atoms with Gasteiger partial charge in [0.05, 0.1) is 18.2 Å². The van der Waals surface area contributed by atoms with Gasteiger partial charge in [0.15, 0.2) is 0 Å². The molecule has 0 saturated heterocycles. The Morgan fingerprint density at radius 2 is 1.88 bits per heavy atom. The Hall–Kier alpha value is -2.81. The third-order valence-electron chi connectivity index (χ3n) is 3.30. The van der Waals surface area contributed by atoms with E-state index in [2.05, 4.69) is 10.3 Å². The fraction of sp³-hybridized carbons (Fsp3) is 0.200. The molecule has 0 aliphatic heterocycles. The number of aromatic amines is 1. The smallest absolute Gasteiger partial charge is 0.394 e. The largest absolute Gasteiger partial charge is 0.416 e. The summed E-state index contributed by atoms with van der Waals surface area (Å²) in [5.41, 5.74) is 4.28. The Morgan fingerprint density at radius 1 is 1.21 bits per heavy atom. The van der Waals surface area contributed by atoms with Gasteiger partial charge >= 0.3 is 6.18 Å². The fourth-order valence-corrected chi connectivity index (χ4v) is 2.07. The number of halogens is 3. The summed E-state index contributed by atoms with van der Waals surface area (Å²) in [6.45, 7) is -0.601. The lowest BCUT2D eigenvalue weighted by Crippen LogP contribution is -2.31. The Kier molecular flexibility index (Phi) is 4.93. The van der Waals surface area contributed by atoms with Gasteiger partial charge in [-0.3, -0.25) is 9.59 Å². The van der Waals surface area contributed by atoms with Crippen LogP contribution in [0.1, 0.15) is 38.1 Å². The molecule has 0 saturated carbocycles. The Bertz CT molecular complexity index is 756. The number of aliphatic hydroxyl groups excluding tert-OH is 1. The number of aliphatic hydroxyl groups is 1. The minimum Gasteiger partial charge on any atom is -0.394 e. The lowest BCUT2D eigenvalue weighted by atomic mass is 10.0. The van der Waals surface area contributed by atoms with Gasteiger partial charge < -0.3 is 21.1 Å². The van der Waals surface area contributed by atoms with Crippen LogP contribution in [0.2, 0.25) is 0 Å². The lowest BCUT2D eigenvalue weighted by molar-refractivity contribution is -0.137. The van der Waals surface area contributed by atoms with Gasteiger partial charge in [0, 0.05) is 0 Å². The Labute approximate surface area is 134 Å². The van der Waals surface area contributed by atoms with Gasteiger partial charge in [-0.25, -0.2) is 0 Å². The Morgan fingerprint density at radius 3 is 2.42 bits per heavy atom. The molecule has 2 aromatic rings. The van der Waals surface area contributed by atoms with Gasteiger partial charge in [-0.1, -0.05) is 12.1 Å². The molecule has 0 fully saturated rings. The third-order valence-corrected chi connectivity index (χ3v) is 3.30. The topological polar surface area (TPSA) is 108 Å². The van der Waals surface area contributed by atoms with E-state index in [-0.39, 0.29) is 17.0 Å². The maximum atomic E-state index is 12.7. The number of hydrogen-bond acceptors (Lipinski definition) is 3. The number of nitrogens with two attached hydrogens (primary N) is 1. The van der Waals surface area contributed by atoms with Crippen molar-refractivity contribution in [3.63, 3.8) is 0 Å². The minimum absolute atomic E-state index is 0.00535. The second-order valence-electron chi connectivity index (χ2n) is 4.98. The molecule has 24 heavy (non-hydrogen) atoms. The molecule has 2 amide bonds. The molecule has 6 nitrogen and oxygen atoms in total. The first-order valence-electron chi connectivity index (χ1n) is 6.80. The van der Waals surface area contributed by atoms with Crippen molar-refractivity contribution >= 4 is 11.8 Å². The molecule has 0 spiro atoms. The van der Waals surface area contributed by atoms with Crippen LogP contribution < -0.4 is 11.1 Å². The van der Waals surface area contributed by atoms with Gasteiger partial charge in [-0.15, -0.1) is 0 Å². The highest BCUT2D eigenvalue weighted by molar-refractivity contribution is 5.96. The van der Waals surface area contributed by atoms with E-state index in [1.54, 1.807) is 0 Å². The van der Waals surface area contributed by atoms with E-state index < -0.39 is 36.2 Å². The summed E-state index contributed by atoms with van der Waals surface area (Å²) in [6.07, 6.45) is -4.53. The molecule has 1 atom stereocenters. The average Bonchev–Trinajstić information content (AvgIpc) is 3.02. The van der Waals surface area contributed by atoms with Crippen molar-refractivity contribution in [2.75, 3.05) is 6.61 Å². The highest BCUT2D eigenvalue weighted by atomic mass is 19.4. The van der Waals surface area contributed by atoms with Gasteiger partial charge in [-0.2, -0.15) is 13.2 Å². The van der Waals surface area contributed by atoms with E-state index in [1.807, 2.05) is 0 Å². The van der Waals surface area contributed by atoms with E-state index in [4.69, 9.17) is 5.73 Å². The molecule has 2 rings (SSSR count). The van der Waals surface area contributed by atoms with Gasteiger partial charge in [-0.05, 0) is 29.8 Å². The van der Waals surface area contributed by atoms with Crippen LogP contribution in [0.5, 0.6) is 0 Å². The SMILES string of the molecule is NC(=O)c1ccc(C(=O)NC(CO)c2cccc(C(F)(F)F)c2)[nH]1. The summed E-state index contributed by atoms with van der Waals surface area (Å²) >= 11 is 0. The highest BCUT2D eigenvalue weighted by Gasteiger charge is 2.31. The number of alkyl halides is 3. The normalized spacial score (nSPS) is 12.7. The van der Waals surface area contributed by atoms with Crippen molar-refractivity contribution in [1.29, 1.82) is 0 Å². The predicted octanol–water partition coefficient (Wildman–Crippen LogP) is 1.60.